The molecule has 3 aromatic carbocycles. The lowest BCUT2D eigenvalue weighted by Crippen LogP contribution is -2.35. The van der Waals surface area contributed by atoms with Crippen LogP contribution in [0.15, 0.2) is 70.0 Å². The van der Waals surface area contributed by atoms with Crippen LogP contribution in [0.3, 0.4) is 0 Å². The minimum absolute atomic E-state index is 0.0707. The van der Waals surface area contributed by atoms with Gasteiger partial charge in [0, 0.05) is 28.3 Å². The Hall–Kier alpha value is -3.25. The quantitative estimate of drug-likeness (QED) is 0.445. The number of likely N-dealkylation sites (N-methyl/N-ethyl adjacent to an activating group) is 1. The molecule has 4 aromatic rings. The number of hydrogen-bond donors (Lipinski definition) is 1. The number of carbonyl (C=O) groups is 2. The molecule has 0 radical (unpaired) electrons. The van der Waals surface area contributed by atoms with Crippen molar-refractivity contribution in [3.05, 3.63) is 72.0 Å². The number of anilines is 1. The highest BCUT2D eigenvalue weighted by Crippen LogP contribution is 2.32. The van der Waals surface area contributed by atoms with Gasteiger partial charge in [-0.2, -0.15) is 0 Å². The molecule has 0 aliphatic rings. The van der Waals surface area contributed by atoms with Crippen LogP contribution in [0.4, 0.5) is 5.69 Å². The summed E-state index contributed by atoms with van der Waals surface area (Å²) in [4.78, 5) is 27.9. The van der Waals surface area contributed by atoms with Crippen molar-refractivity contribution in [2.75, 3.05) is 25.2 Å². The highest BCUT2D eigenvalue weighted by atomic mass is 32.2. The SMILES string of the molecule is CSc1ccccc1NC(=O)CN(C)C(=O)c1oc2c(ccc3ccccc32)c1C. The second kappa shape index (κ2) is 8.24. The first kappa shape index (κ1) is 20.0. The van der Waals surface area contributed by atoms with Gasteiger partial charge in [-0.1, -0.05) is 48.5 Å². The molecule has 30 heavy (non-hydrogen) atoms. The standard InChI is InChI=1S/C24H22N2O3S/c1-15-17-13-12-16-8-4-5-9-18(16)23(17)29-22(15)24(28)26(2)14-21(27)25-19-10-6-7-11-20(19)30-3/h4-13H,14H2,1-3H3,(H,25,27). The van der Waals surface area contributed by atoms with Crippen LogP contribution in [-0.4, -0.2) is 36.6 Å². The van der Waals surface area contributed by atoms with Gasteiger partial charge in [-0.3, -0.25) is 9.59 Å². The molecule has 0 aliphatic heterocycles. The van der Waals surface area contributed by atoms with Crippen LogP contribution in [0, 0.1) is 6.92 Å². The molecule has 6 heteroatoms. The number of carbonyl (C=O) groups excluding carboxylic acids is 2. The van der Waals surface area contributed by atoms with E-state index in [9.17, 15) is 9.59 Å². The van der Waals surface area contributed by atoms with Crippen LogP contribution in [0.2, 0.25) is 0 Å². The van der Waals surface area contributed by atoms with E-state index in [0.717, 1.165) is 32.3 Å². The third kappa shape index (κ3) is 3.66. The van der Waals surface area contributed by atoms with Gasteiger partial charge >= 0.3 is 0 Å². The van der Waals surface area contributed by atoms with Crippen LogP contribution in [0.1, 0.15) is 16.1 Å². The zero-order valence-electron chi connectivity index (χ0n) is 17.1. The second-order valence-corrected chi connectivity index (χ2v) is 7.98. The minimum atomic E-state index is -0.318. The third-order valence-electron chi connectivity index (χ3n) is 5.13. The number of benzene rings is 3. The molecule has 0 unspecified atom stereocenters. The summed E-state index contributed by atoms with van der Waals surface area (Å²) in [6.45, 7) is 1.80. The van der Waals surface area contributed by atoms with Crippen molar-refractivity contribution in [1.82, 2.24) is 4.90 Å². The van der Waals surface area contributed by atoms with E-state index >= 15 is 0 Å². The lowest BCUT2D eigenvalue weighted by Gasteiger charge is -2.16. The number of para-hydroxylation sites is 1. The number of furan rings is 1. The number of rotatable bonds is 5. The second-order valence-electron chi connectivity index (χ2n) is 7.13. The predicted octanol–water partition coefficient (Wildman–Crippen LogP) is 5.33. The van der Waals surface area contributed by atoms with Crippen LogP contribution >= 0.6 is 11.8 Å². The van der Waals surface area contributed by atoms with Gasteiger partial charge in [0.1, 0.15) is 5.58 Å². The van der Waals surface area contributed by atoms with Crippen molar-refractivity contribution in [2.24, 2.45) is 0 Å². The van der Waals surface area contributed by atoms with Gasteiger partial charge in [0.2, 0.25) is 5.91 Å². The van der Waals surface area contributed by atoms with E-state index in [4.69, 9.17) is 4.42 Å². The molecule has 0 saturated heterocycles. The fraction of sp³-hybridized carbons (Fsp3) is 0.167. The van der Waals surface area contributed by atoms with E-state index in [0.29, 0.717) is 5.58 Å². The van der Waals surface area contributed by atoms with Crippen LogP contribution in [-0.2, 0) is 4.79 Å². The van der Waals surface area contributed by atoms with Crippen molar-refractivity contribution in [3.8, 4) is 0 Å². The van der Waals surface area contributed by atoms with Gasteiger partial charge in [0.05, 0.1) is 12.2 Å². The Labute approximate surface area is 179 Å². The molecule has 0 bridgehead atoms. The first-order valence-electron chi connectivity index (χ1n) is 9.58. The molecule has 0 spiro atoms. The van der Waals surface area contributed by atoms with E-state index in [1.807, 2.05) is 73.8 Å². The van der Waals surface area contributed by atoms with E-state index in [2.05, 4.69) is 5.32 Å². The van der Waals surface area contributed by atoms with Gasteiger partial charge in [0.25, 0.3) is 5.91 Å². The van der Waals surface area contributed by atoms with E-state index in [1.165, 1.54) is 4.90 Å². The largest absolute Gasteiger partial charge is 0.450 e. The van der Waals surface area contributed by atoms with Crippen LogP contribution in [0.5, 0.6) is 0 Å². The summed E-state index contributed by atoms with van der Waals surface area (Å²) in [6, 6.07) is 19.5. The molecule has 4 rings (SSSR count). The molecule has 1 N–H and O–H groups in total. The fourth-order valence-corrected chi connectivity index (χ4v) is 4.11. The zero-order valence-corrected chi connectivity index (χ0v) is 17.9. The summed E-state index contributed by atoms with van der Waals surface area (Å²) in [5.41, 5.74) is 2.21. The maximum absolute atomic E-state index is 13.0. The van der Waals surface area contributed by atoms with Gasteiger partial charge in [-0.15, -0.1) is 11.8 Å². The summed E-state index contributed by atoms with van der Waals surface area (Å²) >= 11 is 1.55. The Balaban J connectivity index is 1.56. The average molecular weight is 419 g/mol. The molecule has 2 amide bonds. The van der Waals surface area contributed by atoms with Crippen molar-refractivity contribution in [3.63, 3.8) is 0 Å². The summed E-state index contributed by atoms with van der Waals surface area (Å²) < 4.78 is 6.01. The Bertz CT molecular complexity index is 1260. The van der Waals surface area contributed by atoms with Crippen molar-refractivity contribution in [1.29, 1.82) is 0 Å². The molecule has 1 heterocycles. The van der Waals surface area contributed by atoms with E-state index in [-0.39, 0.29) is 24.1 Å². The molecular formula is C24H22N2O3S. The number of amides is 2. The highest BCUT2D eigenvalue weighted by molar-refractivity contribution is 7.98. The Morgan fingerprint density at radius 1 is 1.00 bits per heavy atom. The summed E-state index contributed by atoms with van der Waals surface area (Å²) in [7, 11) is 1.60. The van der Waals surface area contributed by atoms with Gasteiger partial charge in [-0.05, 0) is 30.7 Å². The number of nitrogens with one attached hydrogen (secondary N) is 1. The summed E-state index contributed by atoms with van der Waals surface area (Å²) in [6.07, 6.45) is 1.95. The lowest BCUT2D eigenvalue weighted by atomic mass is 10.1. The monoisotopic (exact) mass is 418 g/mol. The molecule has 0 aliphatic carbocycles. The Morgan fingerprint density at radius 2 is 1.73 bits per heavy atom. The number of hydrogen-bond acceptors (Lipinski definition) is 4. The molecule has 0 fully saturated rings. The number of nitrogens with zero attached hydrogens (tertiary/aromatic N) is 1. The number of aryl methyl sites for hydroxylation is 1. The molecule has 1 aromatic heterocycles. The molecule has 5 nitrogen and oxygen atoms in total. The minimum Gasteiger partial charge on any atom is -0.450 e. The van der Waals surface area contributed by atoms with Gasteiger partial charge in [0.15, 0.2) is 5.76 Å². The number of fused-ring (bicyclic) bond motifs is 3. The lowest BCUT2D eigenvalue weighted by molar-refractivity contribution is -0.116. The summed E-state index contributed by atoms with van der Waals surface area (Å²) in [5.74, 6) is -0.311. The van der Waals surface area contributed by atoms with Crippen molar-refractivity contribution < 1.29 is 14.0 Å². The van der Waals surface area contributed by atoms with Crippen molar-refractivity contribution in [2.45, 2.75) is 11.8 Å². The number of thioether (sulfide) groups is 1. The maximum atomic E-state index is 13.0. The third-order valence-corrected chi connectivity index (χ3v) is 5.93. The Morgan fingerprint density at radius 3 is 2.53 bits per heavy atom. The molecule has 0 atom stereocenters. The van der Waals surface area contributed by atoms with E-state index < -0.39 is 0 Å². The molecular weight excluding hydrogens is 396 g/mol. The topological polar surface area (TPSA) is 62.6 Å². The van der Waals surface area contributed by atoms with Gasteiger partial charge < -0.3 is 14.6 Å². The molecule has 152 valence electrons. The smallest absolute Gasteiger partial charge is 0.290 e. The molecule has 0 saturated carbocycles. The van der Waals surface area contributed by atoms with Gasteiger partial charge in [-0.25, -0.2) is 0 Å². The average Bonchev–Trinajstić information content (AvgIpc) is 3.10. The first-order valence-corrected chi connectivity index (χ1v) is 10.8. The van der Waals surface area contributed by atoms with E-state index in [1.54, 1.807) is 18.8 Å². The normalized spacial score (nSPS) is 11.0. The first-order chi connectivity index (χ1) is 14.5. The Kier molecular flexibility index (Phi) is 5.50. The maximum Gasteiger partial charge on any atom is 0.290 e. The summed E-state index contributed by atoms with van der Waals surface area (Å²) in [5, 5.41) is 5.80. The zero-order chi connectivity index (χ0) is 21.3. The van der Waals surface area contributed by atoms with Crippen LogP contribution < -0.4 is 5.32 Å². The van der Waals surface area contributed by atoms with Crippen LogP contribution in [0.25, 0.3) is 21.7 Å². The highest BCUT2D eigenvalue weighted by Gasteiger charge is 2.23. The van der Waals surface area contributed by atoms with Crippen molar-refractivity contribution >= 4 is 51.0 Å². The predicted molar refractivity (Wildman–Crippen MR) is 122 cm³/mol. The fourth-order valence-electron chi connectivity index (χ4n) is 3.55.